The van der Waals surface area contributed by atoms with Gasteiger partial charge in [0.2, 0.25) is 10.0 Å². The number of nitrogens with one attached hydrogen (secondary N) is 1. The van der Waals surface area contributed by atoms with E-state index in [9.17, 15) is 8.42 Å². The quantitative estimate of drug-likeness (QED) is 0.901. The summed E-state index contributed by atoms with van der Waals surface area (Å²) in [7, 11) is -3.56. The molecule has 3 rings (SSSR count). The summed E-state index contributed by atoms with van der Waals surface area (Å²) in [5.41, 5.74) is 2.94. The molecule has 1 fully saturated rings. The Kier molecular flexibility index (Phi) is 4.99. The molecule has 24 heavy (non-hydrogen) atoms. The highest BCUT2D eigenvalue weighted by Gasteiger charge is 2.32. The molecule has 1 N–H and O–H groups in total. The van der Waals surface area contributed by atoms with Crippen LogP contribution in [0.2, 0.25) is 0 Å². The molecule has 2 heterocycles. The standard InChI is InChI=1S/C18H22N2O3S/c1-13-3-4-18(14(2)9-13)24(21,22)20-17-12-23-11-16(17)10-15-5-7-19-8-6-15/h3-9,16-17,20H,10-12H2,1-2H3/t16-,17-/m1/s1. The monoisotopic (exact) mass is 346 g/mol. The number of hydrogen-bond donors (Lipinski definition) is 1. The van der Waals surface area contributed by atoms with Crippen molar-refractivity contribution in [3.05, 3.63) is 59.4 Å². The minimum atomic E-state index is -3.56. The van der Waals surface area contributed by atoms with Crippen LogP contribution < -0.4 is 4.72 Å². The second kappa shape index (κ2) is 7.01. The van der Waals surface area contributed by atoms with Crippen molar-refractivity contribution in [3.63, 3.8) is 0 Å². The Labute approximate surface area is 143 Å². The van der Waals surface area contributed by atoms with Crippen molar-refractivity contribution in [3.8, 4) is 0 Å². The van der Waals surface area contributed by atoms with Gasteiger partial charge in [-0.1, -0.05) is 17.7 Å². The van der Waals surface area contributed by atoms with Gasteiger partial charge in [0.15, 0.2) is 0 Å². The van der Waals surface area contributed by atoms with Crippen LogP contribution in [-0.4, -0.2) is 32.7 Å². The average molecular weight is 346 g/mol. The molecule has 1 aromatic heterocycles. The number of benzene rings is 1. The molecule has 2 atom stereocenters. The van der Waals surface area contributed by atoms with E-state index >= 15 is 0 Å². The van der Waals surface area contributed by atoms with Gasteiger partial charge in [-0.05, 0) is 49.6 Å². The number of pyridine rings is 1. The summed E-state index contributed by atoms with van der Waals surface area (Å²) in [4.78, 5) is 4.35. The zero-order chi connectivity index (χ0) is 17.2. The molecular formula is C18H22N2O3S. The van der Waals surface area contributed by atoms with Crippen molar-refractivity contribution in [1.82, 2.24) is 9.71 Å². The maximum Gasteiger partial charge on any atom is 0.241 e. The number of hydrogen-bond acceptors (Lipinski definition) is 4. The first-order chi connectivity index (χ1) is 11.5. The second-order valence-electron chi connectivity index (χ2n) is 6.35. The molecule has 0 aliphatic carbocycles. The molecule has 1 aliphatic heterocycles. The van der Waals surface area contributed by atoms with Gasteiger partial charge in [-0.3, -0.25) is 4.98 Å². The molecule has 0 spiro atoms. The molecule has 2 aromatic rings. The third-order valence-corrected chi connectivity index (χ3v) is 6.02. The zero-order valence-corrected chi connectivity index (χ0v) is 14.7. The Morgan fingerprint density at radius 1 is 1.17 bits per heavy atom. The zero-order valence-electron chi connectivity index (χ0n) is 13.9. The van der Waals surface area contributed by atoms with E-state index in [1.807, 2.05) is 38.1 Å². The number of rotatable bonds is 5. The van der Waals surface area contributed by atoms with Crippen molar-refractivity contribution in [2.45, 2.75) is 31.2 Å². The fourth-order valence-corrected chi connectivity index (χ4v) is 4.63. The van der Waals surface area contributed by atoms with Crippen LogP contribution in [0.15, 0.2) is 47.6 Å². The Bertz CT molecular complexity index is 806. The minimum absolute atomic E-state index is 0.118. The van der Waals surface area contributed by atoms with Gasteiger partial charge in [0.1, 0.15) is 0 Å². The summed E-state index contributed by atoms with van der Waals surface area (Å²) in [5, 5.41) is 0. The predicted octanol–water partition coefficient (Wildman–Crippen LogP) is 2.23. The highest BCUT2D eigenvalue weighted by Crippen LogP contribution is 2.22. The fraction of sp³-hybridized carbons (Fsp3) is 0.389. The van der Waals surface area contributed by atoms with Gasteiger partial charge in [-0.25, -0.2) is 13.1 Å². The van der Waals surface area contributed by atoms with Crippen molar-refractivity contribution in [1.29, 1.82) is 0 Å². The van der Waals surface area contributed by atoms with Crippen LogP contribution in [0.4, 0.5) is 0 Å². The topological polar surface area (TPSA) is 68.3 Å². The number of aryl methyl sites for hydroxylation is 2. The van der Waals surface area contributed by atoms with E-state index in [4.69, 9.17) is 4.74 Å². The molecule has 5 nitrogen and oxygen atoms in total. The third-order valence-electron chi connectivity index (χ3n) is 4.37. The van der Waals surface area contributed by atoms with Crippen molar-refractivity contribution in [2.24, 2.45) is 5.92 Å². The first-order valence-electron chi connectivity index (χ1n) is 8.02. The summed E-state index contributed by atoms with van der Waals surface area (Å²) in [6, 6.07) is 9.06. The van der Waals surface area contributed by atoms with E-state index in [0.717, 1.165) is 23.1 Å². The summed E-state index contributed by atoms with van der Waals surface area (Å²) in [6.07, 6.45) is 4.27. The number of aromatic nitrogens is 1. The van der Waals surface area contributed by atoms with E-state index in [1.54, 1.807) is 18.5 Å². The van der Waals surface area contributed by atoms with Crippen molar-refractivity contribution >= 4 is 10.0 Å². The number of ether oxygens (including phenoxy) is 1. The van der Waals surface area contributed by atoms with Crippen LogP contribution in [-0.2, 0) is 21.2 Å². The highest BCUT2D eigenvalue weighted by atomic mass is 32.2. The lowest BCUT2D eigenvalue weighted by Gasteiger charge is -2.20. The van der Waals surface area contributed by atoms with Crippen LogP contribution in [0.25, 0.3) is 0 Å². The molecule has 1 aromatic carbocycles. The molecule has 128 valence electrons. The third kappa shape index (κ3) is 3.83. The lowest BCUT2D eigenvalue weighted by molar-refractivity contribution is 0.183. The Morgan fingerprint density at radius 2 is 1.92 bits per heavy atom. The molecule has 1 saturated heterocycles. The molecule has 0 bridgehead atoms. The second-order valence-corrected chi connectivity index (χ2v) is 8.04. The van der Waals surface area contributed by atoms with E-state index in [-0.39, 0.29) is 12.0 Å². The van der Waals surface area contributed by atoms with E-state index in [2.05, 4.69) is 9.71 Å². The van der Waals surface area contributed by atoms with Gasteiger partial charge >= 0.3 is 0 Å². The first kappa shape index (κ1) is 17.1. The van der Waals surface area contributed by atoms with Gasteiger partial charge in [0.25, 0.3) is 0 Å². The Morgan fingerprint density at radius 3 is 2.62 bits per heavy atom. The minimum Gasteiger partial charge on any atom is -0.379 e. The molecule has 0 unspecified atom stereocenters. The van der Waals surface area contributed by atoms with Gasteiger partial charge in [-0.15, -0.1) is 0 Å². The van der Waals surface area contributed by atoms with Crippen LogP contribution in [0.3, 0.4) is 0 Å². The summed E-state index contributed by atoms with van der Waals surface area (Å²) >= 11 is 0. The lowest BCUT2D eigenvalue weighted by Crippen LogP contribution is -2.40. The molecule has 6 heteroatoms. The molecule has 0 amide bonds. The van der Waals surface area contributed by atoms with Crippen molar-refractivity contribution < 1.29 is 13.2 Å². The number of sulfonamides is 1. The normalized spacial score (nSPS) is 21.1. The lowest BCUT2D eigenvalue weighted by atomic mass is 9.96. The predicted molar refractivity (Wildman–Crippen MR) is 92.3 cm³/mol. The SMILES string of the molecule is Cc1ccc(S(=O)(=O)N[C@@H]2COC[C@H]2Cc2ccncc2)c(C)c1. The van der Waals surface area contributed by atoms with Crippen molar-refractivity contribution in [2.75, 3.05) is 13.2 Å². The first-order valence-corrected chi connectivity index (χ1v) is 9.50. The molecular weight excluding hydrogens is 324 g/mol. The summed E-state index contributed by atoms with van der Waals surface area (Å²) in [5.74, 6) is 0.118. The Balaban J connectivity index is 1.76. The summed E-state index contributed by atoms with van der Waals surface area (Å²) in [6.45, 7) is 4.73. The molecule has 0 saturated carbocycles. The van der Waals surface area contributed by atoms with Crippen LogP contribution in [0.1, 0.15) is 16.7 Å². The fourth-order valence-electron chi connectivity index (χ4n) is 3.12. The van der Waals surface area contributed by atoms with Crippen LogP contribution in [0, 0.1) is 19.8 Å². The maximum atomic E-state index is 12.7. The Hall–Kier alpha value is -1.76. The van der Waals surface area contributed by atoms with Gasteiger partial charge in [-0.2, -0.15) is 0 Å². The average Bonchev–Trinajstić information content (AvgIpc) is 2.94. The van der Waals surface area contributed by atoms with Gasteiger partial charge in [0, 0.05) is 18.3 Å². The van der Waals surface area contributed by atoms with E-state index in [0.29, 0.717) is 18.1 Å². The van der Waals surface area contributed by atoms with E-state index < -0.39 is 10.0 Å². The number of nitrogens with zero attached hydrogens (tertiary/aromatic N) is 1. The smallest absolute Gasteiger partial charge is 0.241 e. The maximum absolute atomic E-state index is 12.7. The van der Waals surface area contributed by atoms with E-state index in [1.165, 1.54) is 0 Å². The van der Waals surface area contributed by atoms with Crippen LogP contribution >= 0.6 is 0 Å². The molecule has 1 aliphatic rings. The van der Waals surface area contributed by atoms with Gasteiger partial charge < -0.3 is 4.74 Å². The molecule has 0 radical (unpaired) electrons. The highest BCUT2D eigenvalue weighted by molar-refractivity contribution is 7.89. The largest absolute Gasteiger partial charge is 0.379 e. The van der Waals surface area contributed by atoms with Gasteiger partial charge in [0.05, 0.1) is 24.2 Å². The summed E-state index contributed by atoms with van der Waals surface area (Å²) < 4.78 is 33.8. The van der Waals surface area contributed by atoms with Crippen LogP contribution in [0.5, 0.6) is 0 Å².